The van der Waals surface area contributed by atoms with Crippen molar-refractivity contribution in [3.63, 3.8) is 0 Å². The lowest BCUT2D eigenvalue weighted by molar-refractivity contribution is -0.138. The summed E-state index contributed by atoms with van der Waals surface area (Å²) in [4.78, 5) is 11.1. The maximum atomic E-state index is 11.1. The summed E-state index contributed by atoms with van der Waals surface area (Å²) in [6.07, 6.45) is 8.15. The van der Waals surface area contributed by atoms with Crippen LogP contribution in [0, 0.1) is 0 Å². The number of unbranched alkanes of at least 4 members (excludes halogenated alkanes) is 1. The summed E-state index contributed by atoms with van der Waals surface area (Å²) in [5.74, 6) is -1.27. The third-order valence-corrected chi connectivity index (χ3v) is 3.57. The minimum absolute atomic E-state index is 0.476. The number of carboxylic acids is 1. The Morgan fingerprint density at radius 1 is 1.48 bits per heavy atom. The van der Waals surface area contributed by atoms with E-state index < -0.39 is 11.9 Å². The van der Waals surface area contributed by atoms with Gasteiger partial charge < -0.3 is 5.11 Å². The summed E-state index contributed by atoms with van der Waals surface area (Å²) in [5, 5.41) is 9.09. The molecule has 1 N–H and O–H groups in total. The molecule has 0 amide bonds. The normalized spacial score (nSPS) is 12.1. The maximum Gasteiger partial charge on any atom is 0.310 e. The Balaban J connectivity index is 2.70. The van der Waals surface area contributed by atoms with E-state index in [1.54, 1.807) is 6.92 Å². The fraction of sp³-hybridized carbons (Fsp3) is 0.368. The van der Waals surface area contributed by atoms with Crippen LogP contribution in [0.15, 0.2) is 54.3 Å². The van der Waals surface area contributed by atoms with Crippen LogP contribution in [0.4, 0.5) is 0 Å². The lowest BCUT2D eigenvalue weighted by Crippen LogP contribution is -2.07. The summed E-state index contributed by atoms with van der Waals surface area (Å²) in [5.41, 5.74) is 6.17. The van der Waals surface area contributed by atoms with Crippen LogP contribution >= 0.6 is 0 Å². The maximum absolute atomic E-state index is 11.1. The number of hydrogen-bond acceptors (Lipinski definition) is 1. The van der Waals surface area contributed by atoms with Crippen LogP contribution in [0.3, 0.4) is 0 Å². The van der Waals surface area contributed by atoms with Gasteiger partial charge in [-0.05, 0) is 49.8 Å². The fourth-order valence-electron chi connectivity index (χ4n) is 2.20. The molecule has 0 aliphatic rings. The first-order chi connectivity index (χ1) is 10.1. The second-order valence-electron chi connectivity index (χ2n) is 5.22. The first-order valence-corrected chi connectivity index (χ1v) is 7.39. The molecule has 1 aromatic rings. The molecule has 0 saturated carbocycles. The smallest absolute Gasteiger partial charge is 0.310 e. The molecule has 0 fully saturated rings. The molecule has 2 heteroatoms. The average Bonchev–Trinajstić information content (AvgIpc) is 2.49. The largest absolute Gasteiger partial charge is 0.481 e. The molecule has 1 rings (SSSR count). The van der Waals surface area contributed by atoms with E-state index in [9.17, 15) is 4.79 Å². The molecule has 1 aromatic carbocycles. The zero-order valence-corrected chi connectivity index (χ0v) is 12.9. The van der Waals surface area contributed by atoms with Gasteiger partial charge in [0, 0.05) is 6.42 Å². The van der Waals surface area contributed by atoms with Crippen molar-refractivity contribution in [1.29, 1.82) is 0 Å². The molecule has 0 aliphatic carbocycles. The van der Waals surface area contributed by atoms with Crippen LogP contribution in [0.2, 0.25) is 0 Å². The molecule has 21 heavy (non-hydrogen) atoms. The number of rotatable bonds is 8. The van der Waals surface area contributed by atoms with Crippen molar-refractivity contribution in [2.24, 2.45) is 0 Å². The molecular formula is C19H24O2. The van der Waals surface area contributed by atoms with Crippen molar-refractivity contribution in [2.45, 2.75) is 45.4 Å². The van der Waals surface area contributed by atoms with Crippen LogP contribution < -0.4 is 0 Å². The zero-order chi connectivity index (χ0) is 15.7. The number of allylic oxidation sites excluding steroid dienone is 3. The summed E-state index contributed by atoms with van der Waals surface area (Å²) in [6.45, 7) is 7.51. The van der Waals surface area contributed by atoms with Gasteiger partial charge in [0.15, 0.2) is 0 Å². The predicted molar refractivity (Wildman–Crippen MR) is 87.5 cm³/mol. The predicted octanol–water partition coefficient (Wildman–Crippen LogP) is 4.87. The summed E-state index contributed by atoms with van der Waals surface area (Å²) < 4.78 is 0. The van der Waals surface area contributed by atoms with Crippen LogP contribution in [0.1, 0.15) is 50.2 Å². The van der Waals surface area contributed by atoms with E-state index in [4.69, 9.17) is 5.11 Å². The Bertz CT molecular complexity index is 548. The van der Waals surface area contributed by atoms with E-state index in [-0.39, 0.29) is 0 Å². The second-order valence-corrected chi connectivity index (χ2v) is 5.22. The van der Waals surface area contributed by atoms with Crippen LogP contribution in [-0.2, 0) is 11.2 Å². The van der Waals surface area contributed by atoms with E-state index in [0.717, 1.165) is 36.8 Å². The molecule has 2 nitrogen and oxygen atoms in total. The number of carboxylic acid groups (broad SMARTS) is 1. The molecule has 0 aromatic heterocycles. The van der Waals surface area contributed by atoms with Crippen LogP contribution in [0.5, 0.6) is 0 Å². The minimum Gasteiger partial charge on any atom is -0.481 e. The van der Waals surface area contributed by atoms with Crippen molar-refractivity contribution in [1.82, 2.24) is 0 Å². The van der Waals surface area contributed by atoms with Gasteiger partial charge in [-0.15, -0.1) is 5.73 Å². The van der Waals surface area contributed by atoms with Crippen LogP contribution in [0.25, 0.3) is 0 Å². The monoisotopic (exact) mass is 284 g/mol. The van der Waals surface area contributed by atoms with Gasteiger partial charge in [-0.1, -0.05) is 43.0 Å². The van der Waals surface area contributed by atoms with E-state index in [1.165, 1.54) is 5.57 Å². The first kappa shape index (κ1) is 17.0. The minimum atomic E-state index is -0.794. The summed E-state index contributed by atoms with van der Waals surface area (Å²) in [7, 11) is 0. The molecule has 1 unspecified atom stereocenters. The van der Waals surface area contributed by atoms with E-state index in [0.29, 0.717) is 0 Å². The Morgan fingerprint density at radius 2 is 2.24 bits per heavy atom. The number of benzene rings is 1. The first-order valence-electron chi connectivity index (χ1n) is 7.39. The highest BCUT2D eigenvalue weighted by Crippen LogP contribution is 2.20. The molecule has 1 atom stereocenters. The van der Waals surface area contributed by atoms with Crippen molar-refractivity contribution in [3.05, 3.63) is 65.4 Å². The van der Waals surface area contributed by atoms with Crippen molar-refractivity contribution in [2.75, 3.05) is 0 Å². The topological polar surface area (TPSA) is 37.3 Å². The number of aliphatic carboxylic acids is 1. The summed E-state index contributed by atoms with van der Waals surface area (Å²) in [6, 6.07) is 7.79. The van der Waals surface area contributed by atoms with Crippen molar-refractivity contribution >= 4 is 5.97 Å². The van der Waals surface area contributed by atoms with Crippen LogP contribution in [-0.4, -0.2) is 11.1 Å². The molecule has 0 spiro atoms. The van der Waals surface area contributed by atoms with Crippen molar-refractivity contribution in [3.8, 4) is 0 Å². The van der Waals surface area contributed by atoms with Gasteiger partial charge in [0.05, 0.1) is 5.92 Å². The van der Waals surface area contributed by atoms with Gasteiger partial charge in [-0.25, -0.2) is 0 Å². The Labute approximate surface area is 127 Å². The highest BCUT2D eigenvalue weighted by Gasteiger charge is 2.13. The van der Waals surface area contributed by atoms with Gasteiger partial charge in [0.1, 0.15) is 0 Å². The molecule has 0 bridgehead atoms. The molecule has 0 heterocycles. The average molecular weight is 284 g/mol. The zero-order valence-electron chi connectivity index (χ0n) is 12.9. The van der Waals surface area contributed by atoms with E-state index in [2.05, 4.69) is 24.5 Å². The third-order valence-electron chi connectivity index (χ3n) is 3.57. The van der Waals surface area contributed by atoms with E-state index in [1.807, 2.05) is 31.2 Å². The Morgan fingerprint density at radius 3 is 2.86 bits per heavy atom. The van der Waals surface area contributed by atoms with Crippen molar-refractivity contribution < 1.29 is 9.90 Å². The van der Waals surface area contributed by atoms with E-state index >= 15 is 0 Å². The van der Waals surface area contributed by atoms with Gasteiger partial charge in [0.25, 0.3) is 0 Å². The van der Waals surface area contributed by atoms with Gasteiger partial charge in [-0.3, -0.25) is 4.79 Å². The standard InChI is InChI=1S/C19H24O2/c1-4-6-7-8-10-16(5-2)13-17-11-9-12-18(14-17)15(3)19(20)21/h4,6,9,11-12,14-15H,2,7-8,10,13H2,1,3H3,(H,20,21)/b6-4-. The van der Waals surface area contributed by atoms with Gasteiger partial charge in [0.2, 0.25) is 0 Å². The lowest BCUT2D eigenvalue weighted by atomic mass is 9.95. The van der Waals surface area contributed by atoms with Gasteiger partial charge in [-0.2, -0.15) is 0 Å². The number of carbonyl (C=O) groups is 1. The molecule has 0 saturated heterocycles. The molecule has 0 aliphatic heterocycles. The Kier molecular flexibility index (Phi) is 7.28. The Hall–Kier alpha value is -2.05. The highest BCUT2D eigenvalue weighted by atomic mass is 16.4. The number of hydrogen-bond donors (Lipinski definition) is 1. The second kappa shape index (κ2) is 8.99. The lowest BCUT2D eigenvalue weighted by Gasteiger charge is -2.10. The fourth-order valence-corrected chi connectivity index (χ4v) is 2.20. The molecule has 112 valence electrons. The molecule has 0 radical (unpaired) electrons. The summed E-state index contributed by atoms with van der Waals surface area (Å²) >= 11 is 0. The molecular weight excluding hydrogens is 260 g/mol. The SMILES string of the molecule is C=C=C(CCC/C=C\C)Cc1cccc(C(C)C(=O)O)c1. The highest BCUT2D eigenvalue weighted by molar-refractivity contribution is 5.75. The quantitative estimate of drug-likeness (QED) is 0.420. The third kappa shape index (κ3) is 5.85. The van der Waals surface area contributed by atoms with Gasteiger partial charge >= 0.3 is 5.97 Å².